The van der Waals surface area contributed by atoms with Gasteiger partial charge in [-0.25, -0.2) is 4.79 Å². The third kappa shape index (κ3) is 2.10. The highest BCUT2D eigenvalue weighted by Gasteiger charge is 2.18. The van der Waals surface area contributed by atoms with Crippen molar-refractivity contribution in [3.8, 4) is 11.1 Å². The van der Waals surface area contributed by atoms with E-state index in [2.05, 4.69) is 0 Å². The number of hydrogen-bond acceptors (Lipinski definition) is 4. The van der Waals surface area contributed by atoms with Gasteiger partial charge in [0.1, 0.15) is 0 Å². The van der Waals surface area contributed by atoms with Crippen LogP contribution in [0.1, 0.15) is 15.2 Å². The number of non-ortho nitro benzene ring substituents is 1. The van der Waals surface area contributed by atoms with Gasteiger partial charge in [0.2, 0.25) is 0 Å². The number of carbonyl (C=O) groups is 1. The number of aromatic carboxylic acids is 1. The molecular formula is C12H9NO4S. The molecule has 0 saturated carbocycles. The number of aryl methyl sites for hydroxylation is 1. The first-order valence-electron chi connectivity index (χ1n) is 5.07. The molecule has 0 radical (unpaired) electrons. The zero-order valence-electron chi connectivity index (χ0n) is 9.41. The van der Waals surface area contributed by atoms with E-state index in [0.717, 1.165) is 4.88 Å². The molecule has 2 aromatic rings. The zero-order chi connectivity index (χ0) is 13.3. The molecule has 2 rings (SSSR count). The minimum atomic E-state index is -1.03. The number of thiophene rings is 1. The fraction of sp³-hybridized carbons (Fsp3) is 0.0833. The monoisotopic (exact) mass is 263 g/mol. The second-order valence-corrected chi connectivity index (χ2v) is 4.78. The Kier molecular flexibility index (Phi) is 3.12. The predicted molar refractivity (Wildman–Crippen MR) is 68.1 cm³/mol. The molecule has 0 aliphatic rings. The van der Waals surface area contributed by atoms with Crippen LogP contribution in [0.3, 0.4) is 0 Å². The summed E-state index contributed by atoms with van der Waals surface area (Å²) in [6, 6.07) is 6.00. The molecule has 1 aromatic carbocycles. The van der Waals surface area contributed by atoms with Gasteiger partial charge in [0, 0.05) is 28.0 Å². The van der Waals surface area contributed by atoms with Crippen LogP contribution in [0.4, 0.5) is 5.69 Å². The van der Waals surface area contributed by atoms with E-state index in [1.165, 1.54) is 23.5 Å². The minimum Gasteiger partial charge on any atom is -0.478 e. The second kappa shape index (κ2) is 4.58. The largest absolute Gasteiger partial charge is 0.478 e. The van der Waals surface area contributed by atoms with Crippen LogP contribution in [0.2, 0.25) is 0 Å². The van der Waals surface area contributed by atoms with Crippen LogP contribution in [-0.4, -0.2) is 16.0 Å². The van der Waals surface area contributed by atoms with Gasteiger partial charge in [0.25, 0.3) is 5.69 Å². The van der Waals surface area contributed by atoms with Crippen LogP contribution in [0.5, 0.6) is 0 Å². The summed E-state index contributed by atoms with van der Waals surface area (Å²) in [6.07, 6.45) is 0. The van der Waals surface area contributed by atoms with E-state index >= 15 is 0 Å². The maximum atomic E-state index is 11.1. The molecule has 1 heterocycles. The number of hydrogen-bond donors (Lipinski definition) is 1. The quantitative estimate of drug-likeness (QED) is 0.680. The highest BCUT2D eigenvalue weighted by atomic mass is 32.1. The van der Waals surface area contributed by atoms with Crippen molar-refractivity contribution in [1.82, 2.24) is 0 Å². The van der Waals surface area contributed by atoms with Crippen LogP contribution < -0.4 is 0 Å². The lowest BCUT2D eigenvalue weighted by molar-refractivity contribution is -0.384. The second-order valence-electron chi connectivity index (χ2n) is 3.69. The fourth-order valence-electron chi connectivity index (χ4n) is 1.75. The third-order valence-electron chi connectivity index (χ3n) is 2.55. The highest BCUT2D eigenvalue weighted by molar-refractivity contribution is 7.10. The van der Waals surface area contributed by atoms with E-state index in [1.54, 1.807) is 24.4 Å². The molecule has 0 fully saturated rings. The first-order valence-corrected chi connectivity index (χ1v) is 5.95. The summed E-state index contributed by atoms with van der Waals surface area (Å²) in [7, 11) is 0. The zero-order valence-corrected chi connectivity index (χ0v) is 10.2. The SMILES string of the molecule is Cc1scc(C(=O)O)c1-c1cccc([N+](=O)[O-])c1. The number of benzene rings is 1. The Labute approximate surface area is 106 Å². The maximum absolute atomic E-state index is 11.1. The lowest BCUT2D eigenvalue weighted by Gasteiger charge is -2.03. The van der Waals surface area contributed by atoms with E-state index in [1.807, 2.05) is 0 Å². The molecule has 0 aliphatic carbocycles. The van der Waals surface area contributed by atoms with Crippen molar-refractivity contribution in [2.24, 2.45) is 0 Å². The topological polar surface area (TPSA) is 80.4 Å². The smallest absolute Gasteiger partial charge is 0.337 e. The van der Waals surface area contributed by atoms with Crippen molar-refractivity contribution in [2.45, 2.75) is 6.92 Å². The number of rotatable bonds is 3. The van der Waals surface area contributed by atoms with E-state index in [4.69, 9.17) is 5.11 Å². The summed E-state index contributed by atoms with van der Waals surface area (Å²) >= 11 is 1.32. The van der Waals surface area contributed by atoms with Gasteiger partial charge in [-0.2, -0.15) is 0 Å². The van der Waals surface area contributed by atoms with Crippen LogP contribution >= 0.6 is 11.3 Å². The summed E-state index contributed by atoms with van der Waals surface area (Å²) in [5.41, 5.74) is 1.24. The maximum Gasteiger partial charge on any atom is 0.337 e. The Hall–Kier alpha value is -2.21. The van der Waals surface area contributed by atoms with Crippen LogP contribution in [0.25, 0.3) is 11.1 Å². The van der Waals surface area contributed by atoms with Crippen molar-refractivity contribution in [3.05, 3.63) is 50.2 Å². The first-order chi connectivity index (χ1) is 8.50. The van der Waals surface area contributed by atoms with Gasteiger partial charge < -0.3 is 5.11 Å². The molecule has 0 saturated heterocycles. The number of carboxylic acids is 1. The van der Waals surface area contributed by atoms with Crippen LogP contribution in [-0.2, 0) is 0 Å². The predicted octanol–water partition coefficient (Wildman–Crippen LogP) is 3.33. The molecule has 0 atom stereocenters. The van der Waals surface area contributed by atoms with Crippen molar-refractivity contribution >= 4 is 23.0 Å². The number of nitrogens with zero attached hydrogens (tertiary/aromatic N) is 1. The summed E-state index contributed by atoms with van der Waals surface area (Å²) in [5, 5.41) is 21.4. The number of carboxylic acid groups (broad SMARTS) is 1. The highest BCUT2D eigenvalue weighted by Crippen LogP contribution is 2.33. The Morgan fingerprint density at radius 1 is 1.44 bits per heavy atom. The van der Waals surface area contributed by atoms with Gasteiger partial charge in [-0.1, -0.05) is 12.1 Å². The average molecular weight is 263 g/mol. The molecule has 6 heteroatoms. The number of nitro groups is 1. The summed E-state index contributed by atoms with van der Waals surface area (Å²) in [5.74, 6) is -1.03. The van der Waals surface area contributed by atoms with Crippen molar-refractivity contribution in [1.29, 1.82) is 0 Å². The first kappa shape index (κ1) is 12.3. The summed E-state index contributed by atoms with van der Waals surface area (Å²) in [4.78, 5) is 22.2. The molecule has 0 amide bonds. The van der Waals surface area contributed by atoms with Gasteiger partial charge in [-0.3, -0.25) is 10.1 Å². The lowest BCUT2D eigenvalue weighted by atomic mass is 10.0. The Morgan fingerprint density at radius 2 is 2.17 bits per heavy atom. The van der Waals surface area contributed by atoms with Crippen molar-refractivity contribution in [2.75, 3.05) is 0 Å². The fourth-order valence-corrected chi connectivity index (χ4v) is 2.60. The van der Waals surface area contributed by atoms with Crippen LogP contribution in [0.15, 0.2) is 29.6 Å². The molecule has 92 valence electrons. The molecule has 0 unspecified atom stereocenters. The van der Waals surface area contributed by atoms with Gasteiger partial charge >= 0.3 is 5.97 Å². The average Bonchev–Trinajstić information content (AvgIpc) is 2.71. The van der Waals surface area contributed by atoms with E-state index in [9.17, 15) is 14.9 Å². The van der Waals surface area contributed by atoms with Crippen molar-refractivity contribution in [3.63, 3.8) is 0 Å². The third-order valence-corrected chi connectivity index (χ3v) is 3.46. The molecule has 18 heavy (non-hydrogen) atoms. The van der Waals surface area contributed by atoms with Crippen molar-refractivity contribution < 1.29 is 14.8 Å². The summed E-state index contributed by atoms with van der Waals surface area (Å²) in [6.45, 7) is 1.80. The van der Waals surface area contributed by atoms with E-state index in [0.29, 0.717) is 11.1 Å². The van der Waals surface area contributed by atoms with Gasteiger partial charge in [0.05, 0.1) is 10.5 Å². The standard InChI is InChI=1S/C12H9NO4S/c1-7-11(10(6-18-7)12(14)15)8-3-2-4-9(5-8)13(16)17/h2-6H,1H3,(H,14,15). The Bertz CT molecular complexity index is 633. The van der Waals surface area contributed by atoms with E-state index < -0.39 is 10.9 Å². The van der Waals surface area contributed by atoms with E-state index in [-0.39, 0.29) is 11.3 Å². The molecule has 0 aliphatic heterocycles. The Morgan fingerprint density at radius 3 is 2.78 bits per heavy atom. The van der Waals surface area contributed by atoms with Gasteiger partial charge in [-0.15, -0.1) is 11.3 Å². The lowest BCUT2D eigenvalue weighted by Crippen LogP contribution is -1.97. The molecule has 0 spiro atoms. The molecule has 1 N–H and O–H groups in total. The Balaban J connectivity index is 2.61. The molecular weight excluding hydrogens is 254 g/mol. The normalized spacial score (nSPS) is 10.3. The molecule has 0 bridgehead atoms. The number of nitro benzene ring substituents is 1. The molecule has 1 aromatic heterocycles. The van der Waals surface area contributed by atoms with Gasteiger partial charge in [-0.05, 0) is 12.5 Å². The van der Waals surface area contributed by atoms with Crippen LogP contribution in [0, 0.1) is 17.0 Å². The summed E-state index contributed by atoms with van der Waals surface area (Å²) < 4.78 is 0. The van der Waals surface area contributed by atoms with Gasteiger partial charge in [0.15, 0.2) is 0 Å². The molecule has 5 nitrogen and oxygen atoms in total. The minimum absolute atomic E-state index is 0.0468.